The first kappa shape index (κ1) is 33.6. The molecule has 8 N–H and O–H groups in total. The summed E-state index contributed by atoms with van der Waals surface area (Å²) in [5.74, 6) is -3.77. The van der Waals surface area contributed by atoms with Crippen LogP contribution in [0.2, 0.25) is 0 Å². The largest absolute Gasteiger partial charge is 0.394 e. The zero-order chi connectivity index (χ0) is 33.5. The molecular weight excluding hydrogens is 624 g/mol. The average molecular weight is 661 g/mol. The lowest BCUT2D eigenvalue weighted by molar-refractivity contribution is -0.468. The standard InChI is InChI=1S/C30H36N4O13/c1-2-15(20-21-28(32-17-11-7-6-10-16(17)31-21)34(33-20)14-8-4-3-5-9-14)30(40)27(47-42)26(46-41)25(19(13-36)45-30)44-29-24(39)23(38)22(37)18(12-35)43-29/h3-11,15,18-19,22-27,29,35-42H,2,12-13H2,1H3/t15?,18-,19-,22-,23+,24-,25-,26+,27-,29-,30+/m1/s1. The molecule has 4 aromatic rings. The van der Waals surface area contributed by atoms with Crippen LogP contribution in [0, 0.1) is 0 Å². The molecule has 4 heterocycles. The Labute approximate surface area is 266 Å². The summed E-state index contributed by atoms with van der Waals surface area (Å²) < 4.78 is 18.7. The van der Waals surface area contributed by atoms with E-state index in [1.807, 2.05) is 24.3 Å². The molecule has 2 aromatic carbocycles. The maximum absolute atomic E-state index is 12.3. The third-order valence-corrected chi connectivity index (χ3v) is 8.73. The monoisotopic (exact) mass is 660 g/mol. The number of aliphatic hydroxyl groups excluding tert-OH is 5. The molecule has 2 aliphatic heterocycles. The van der Waals surface area contributed by atoms with Crippen LogP contribution in [0.5, 0.6) is 0 Å². The molecule has 2 saturated heterocycles. The van der Waals surface area contributed by atoms with E-state index >= 15 is 0 Å². The summed E-state index contributed by atoms with van der Waals surface area (Å²) in [6.07, 6.45) is -15.4. The molecule has 0 amide bonds. The number of benzene rings is 2. The number of hydrogen-bond donors (Lipinski definition) is 8. The fourth-order valence-electron chi connectivity index (χ4n) is 6.35. The second kappa shape index (κ2) is 13.7. The SMILES string of the molecule is CCC(c1nn(-c2ccccc2)c2nc3ccccc3nc12)[C@]1(O)O[C@H](CO)[C@@H](O[C@H]2O[C@H](CO)[C@@H](O)[C@H](O)[C@H]2O)[C@H](OO)[C@H]1OO. The third kappa shape index (κ3) is 5.78. The van der Waals surface area contributed by atoms with Gasteiger partial charge in [-0.3, -0.25) is 10.5 Å². The van der Waals surface area contributed by atoms with Crippen molar-refractivity contribution in [2.24, 2.45) is 0 Å². The van der Waals surface area contributed by atoms with E-state index in [1.54, 1.807) is 41.9 Å². The van der Waals surface area contributed by atoms with Crippen LogP contribution in [0.25, 0.3) is 27.9 Å². The van der Waals surface area contributed by atoms with Gasteiger partial charge in [-0.05, 0) is 30.7 Å². The van der Waals surface area contributed by atoms with Gasteiger partial charge in [0.2, 0.25) is 5.79 Å². The molecule has 0 saturated carbocycles. The lowest BCUT2D eigenvalue weighted by Gasteiger charge is -2.51. The number of nitrogens with zero attached hydrogens (tertiary/aromatic N) is 4. The van der Waals surface area contributed by atoms with Gasteiger partial charge in [-0.15, -0.1) is 0 Å². The smallest absolute Gasteiger partial charge is 0.207 e. The summed E-state index contributed by atoms with van der Waals surface area (Å²) in [5.41, 5.74) is 2.57. The second-order valence-corrected chi connectivity index (χ2v) is 11.5. The minimum atomic E-state index is -2.59. The topological polar surface area (TPSA) is 252 Å². The maximum Gasteiger partial charge on any atom is 0.207 e. The summed E-state index contributed by atoms with van der Waals surface area (Å²) in [7, 11) is 0. The third-order valence-electron chi connectivity index (χ3n) is 8.73. The highest BCUT2D eigenvalue weighted by molar-refractivity contribution is 5.87. The van der Waals surface area contributed by atoms with Crippen LogP contribution >= 0.6 is 0 Å². The molecule has 1 unspecified atom stereocenters. The first-order chi connectivity index (χ1) is 22.7. The van der Waals surface area contributed by atoms with Crippen molar-refractivity contribution in [2.75, 3.05) is 13.2 Å². The Morgan fingerprint density at radius 2 is 1.51 bits per heavy atom. The van der Waals surface area contributed by atoms with Gasteiger partial charge in [0.1, 0.15) is 42.1 Å². The molecule has 17 heteroatoms. The molecule has 0 spiro atoms. The van der Waals surface area contributed by atoms with Gasteiger partial charge in [0.15, 0.2) is 24.1 Å². The number of ether oxygens (including phenoxy) is 3. The van der Waals surface area contributed by atoms with Crippen LogP contribution in [-0.2, 0) is 24.0 Å². The predicted octanol–water partition coefficient (Wildman–Crippen LogP) is -0.556. The van der Waals surface area contributed by atoms with Crippen LogP contribution in [0.15, 0.2) is 54.6 Å². The van der Waals surface area contributed by atoms with E-state index < -0.39 is 80.0 Å². The Morgan fingerprint density at radius 1 is 0.851 bits per heavy atom. The van der Waals surface area contributed by atoms with Gasteiger partial charge in [0.05, 0.1) is 41.5 Å². The van der Waals surface area contributed by atoms with Gasteiger partial charge >= 0.3 is 0 Å². The van der Waals surface area contributed by atoms with E-state index in [9.17, 15) is 41.2 Å². The molecule has 6 rings (SSSR count). The highest BCUT2D eigenvalue weighted by Gasteiger charge is 2.62. The minimum Gasteiger partial charge on any atom is -0.394 e. The quantitative estimate of drug-likeness (QED) is 0.0784. The van der Waals surface area contributed by atoms with Crippen LogP contribution in [0.4, 0.5) is 0 Å². The molecule has 11 atom stereocenters. The van der Waals surface area contributed by atoms with Crippen molar-refractivity contribution in [3.63, 3.8) is 0 Å². The maximum atomic E-state index is 12.3. The molecule has 2 aliphatic rings. The van der Waals surface area contributed by atoms with E-state index in [1.165, 1.54) is 0 Å². The molecule has 254 valence electrons. The van der Waals surface area contributed by atoms with Gasteiger partial charge in [-0.1, -0.05) is 37.3 Å². The Bertz CT molecular complexity index is 1660. The van der Waals surface area contributed by atoms with Crippen molar-refractivity contribution in [3.05, 3.63) is 60.3 Å². The van der Waals surface area contributed by atoms with Crippen LogP contribution in [0.1, 0.15) is 25.0 Å². The second-order valence-electron chi connectivity index (χ2n) is 11.5. The van der Waals surface area contributed by atoms with Gasteiger partial charge in [0.25, 0.3) is 0 Å². The molecule has 0 bridgehead atoms. The van der Waals surface area contributed by atoms with Crippen LogP contribution in [-0.4, -0.2) is 135 Å². The summed E-state index contributed by atoms with van der Waals surface area (Å²) in [6, 6.07) is 16.2. The highest BCUT2D eigenvalue weighted by atomic mass is 17.1. The number of hydrogen-bond acceptors (Lipinski definition) is 16. The Kier molecular flexibility index (Phi) is 9.79. The van der Waals surface area contributed by atoms with E-state index in [0.29, 0.717) is 22.4 Å². The van der Waals surface area contributed by atoms with E-state index in [2.05, 4.69) is 9.78 Å². The number of aromatic nitrogens is 4. The summed E-state index contributed by atoms with van der Waals surface area (Å²) in [4.78, 5) is 18.9. The molecule has 0 radical (unpaired) electrons. The van der Waals surface area contributed by atoms with Crippen molar-refractivity contribution in [1.82, 2.24) is 19.7 Å². The molecule has 2 aromatic heterocycles. The summed E-state index contributed by atoms with van der Waals surface area (Å²) >= 11 is 0. The first-order valence-electron chi connectivity index (χ1n) is 15.0. The van der Waals surface area contributed by atoms with E-state index in [4.69, 9.17) is 29.3 Å². The fourth-order valence-corrected chi connectivity index (χ4v) is 6.35. The molecule has 17 nitrogen and oxygen atoms in total. The number of rotatable bonds is 10. The average Bonchev–Trinajstić information content (AvgIpc) is 3.45. The van der Waals surface area contributed by atoms with Gasteiger partial charge in [-0.2, -0.15) is 5.10 Å². The van der Waals surface area contributed by atoms with Crippen molar-refractivity contribution in [1.29, 1.82) is 0 Å². The van der Waals surface area contributed by atoms with Gasteiger partial charge < -0.3 is 44.8 Å². The Balaban J connectivity index is 1.43. The molecule has 2 fully saturated rings. The first-order valence-corrected chi connectivity index (χ1v) is 15.0. The van der Waals surface area contributed by atoms with Gasteiger partial charge in [0, 0.05) is 0 Å². The van der Waals surface area contributed by atoms with Crippen molar-refractivity contribution < 1.29 is 65.1 Å². The van der Waals surface area contributed by atoms with Crippen molar-refractivity contribution >= 4 is 22.2 Å². The molecule has 47 heavy (non-hydrogen) atoms. The lowest BCUT2D eigenvalue weighted by atomic mass is 9.81. The lowest BCUT2D eigenvalue weighted by Crippen LogP contribution is -2.70. The molecule has 0 aliphatic carbocycles. The van der Waals surface area contributed by atoms with Crippen LogP contribution < -0.4 is 0 Å². The zero-order valence-corrected chi connectivity index (χ0v) is 25.0. The zero-order valence-electron chi connectivity index (χ0n) is 25.0. The van der Waals surface area contributed by atoms with Crippen LogP contribution in [0.3, 0.4) is 0 Å². The highest BCUT2D eigenvalue weighted by Crippen LogP contribution is 2.45. The van der Waals surface area contributed by atoms with E-state index in [-0.39, 0.29) is 17.6 Å². The number of aliphatic hydroxyl groups is 6. The summed E-state index contributed by atoms with van der Waals surface area (Å²) in [5, 5.41) is 88.2. The summed E-state index contributed by atoms with van der Waals surface area (Å²) in [6.45, 7) is 0.0848. The number of para-hydroxylation sites is 3. The fraction of sp³-hybridized carbons (Fsp3) is 0.500. The minimum absolute atomic E-state index is 0.0836. The van der Waals surface area contributed by atoms with Crippen molar-refractivity contribution in [3.8, 4) is 5.69 Å². The normalized spacial score (nSPS) is 33.8. The Hall–Kier alpha value is -3.27. The Morgan fingerprint density at radius 3 is 2.13 bits per heavy atom. The van der Waals surface area contributed by atoms with Gasteiger partial charge in [-0.25, -0.2) is 24.4 Å². The molecular formula is C30H36N4O13. The predicted molar refractivity (Wildman–Crippen MR) is 158 cm³/mol. The van der Waals surface area contributed by atoms with Crippen molar-refractivity contribution in [2.45, 2.75) is 80.2 Å². The number of fused-ring (bicyclic) bond motifs is 2. The van der Waals surface area contributed by atoms with E-state index in [0.717, 1.165) is 0 Å².